The van der Waals surface area contributed by atoms with E-state index in [0.717, 1.165) is 10.9 Å². The largest absolute Gasteiger partial charge is 0.383 e. The summed E-state index contributed by atoms with van der Waals surface area (Å²) in [6.45, 7) is 3.03. The number of thiophene rings is 1. The lowest BCUT2D eigenvalue weighted by atomic mass is 9.95. The van der Waals surface area contributed by atoms with E-state index in [9.17, 15) is 18.7 Å². The van der Waals surface area contributed by atoms with Crippen molar-refractivity contribution in [2.75, 3.05) is 6.54 Å². The molecule has 1 heterocycles. The minimum atomic E-state index is -1.61. The second-order valence-corrected chi connectivity index (χ2v) is 6.83. The van der Waals surface area contributed by atoms with Crippen LogP contribution in [-0.4, -0.2) is 17.6 Å². The highest BCUT2D eigenvalue weighted by molar-refractivity contribution is 7.09. The van der Waals surface area contributed by atoms with E-state index in [0.29, 0.717) is 12.5 Å². The van der Waals surface area contributed by atoms with E-state index < -0.39 is 17.2 Å². The first kappa shape index (κ1) is 17.6. The van der Waals surface area contributed by atoms with Crippen molar-refractivity contribution < 1.29 is 18.7 Å². The normalized spacial score (nSPS) is 15.0. The monoisotopic (exact) mass is 339 g/mol. The molecule has 2 unspecified atom stereocenters. The van der Waals surface area contributed by atoms with Crippen LogP contribution in [0.2, 0.25) is 0 Å². The van der Waals surface area contributed by atoms with Gasteiger partial charge >= 0.3 is 0 Å². The Morgan fingerprint density at radius 1 is 1.39 bits per heavy atom. The average Bonchev–Trinajstić information content (AvgIpc) is 2.97. The number of rotatable bonds is 6. The van der Waals surface area contributed by atoms with Crippen molar-refractivity contribution in [1.29, 1.82) is 0 Å². The molecule has 0 radical (unpaired) electrons. The Bertz CT molecular complexity index is 671. The molecule has 0 spiro atoms. The van der Waals surface area contributed by atoms with Gasteiger partial charge in [0.1, 0.15) is 17.2 Å². The van der Waals surface area contributed by atoms with E-state index in [1.807, 2.05) is 17.5 Å². The van der Waals surface area contributed by atoms with Crippen molar-refractivity contribution in [2.45, 2.75) is 25.9 Å². The maximum atomic E-state index is 13.8. The molecule has 0 aliphatic rings. The van der Waals surface area contributed by atoms with Gasteiger partial charge in [0, 0.05) is 22.4 Å². The van der Waals surface area contributed by atoms with E-state index >= 15 is 0 Å². The van der Waals surface area contributed by atoms with Gasteiger partial charge in [-0.2, -0.15) is 0 Å². The fraction of sp³-hybridized carbons (Fsp3) is 0.353. The molecule has 23 heavy (non-hydrogen) atoms. The summed E-state index contributed by atoms with van der Waals surface area (Å²) in [4.78, 5) is 13.2. The van der Waals surface area contributed by atoms with Crippen LogP contribution in [0.5, 0.6) is 0 Å². The van der Waals surface area contributed by atoms with Gasteiger partial charge in [-0.1, -0.05) is 19.1 Å². The fourth-order valence-corrected chi connectivity index (χ4v) is 3.11. The number of carbonyl (C=O) groups is 1. The molecule has 2 atom stereocenters. The van der Waals surface area contributed by atoms with E-state index in [2.05, 4.69) is 5.32 Å². The summed E-state index contributed by atoms with van der Waals surface area (Å²) in [5.74, 6) is -2.03. The van der Waals surface area contributed by atoms with Gasteiger partial charge in [0.25, 0.3) is 0 Å². The van der Waals surface area contributed by atoms with Crippen molar-refractivity contribution in [3.05, 3.63) is 57.8 Å². The molecular formula is C17H19F2NO2S. The lowest BCUT2D eigenvalue weighted by Crippen LogP contribution is -2.41. The highest BCUT2D eigenvalue weighted by Gasteiger charge is 2.28. The molecule has 0 aliphatic carbocycles. The zero-order chi connectivity index (χ0) is 17.0. The van der Waals surface area contributed by atoms with Gasteiger partial charge in [-0.05, 0) is 30.9 Å². The van der Waals surface area contributed by atoms with Crippen molar-refractivity contribution in [3.8, 4) is 0 Å². The number of hydrogen-bond donors (Lipinski definition) is 2. The molecule has 2 aromatic rings. The standard InChI is InChI=1S/C17H19F2NO2S/c1-11(8-13-4-3-7-23-13)16(21)20-10-17(2,22)14-6-5-12(18)9-15(14)19/h3-7,9,11,22H,8,10H2,1-2H3,(H,20,21). The molecule has 124 valence electrons. The van der Waals surface area contributed by atoms with Crippen LogP contribution < -0.4 is 5.32 Å². The van der Waals surface area contributed by atoms with E-state index in [1.54, 1.807) is 18.3 Å². The highest BCUT2D eigenvalue weighted by Crippen LogP contribution is 2.24. The first-order chi connectivity index (χ1) is 10.8. The Morgan fingerprint density at radius 2 is 2.13 bits per heavy atom. The van der Waals surface area contributed by atoms with E-state index in [4.69, 9.17) is 0 Å². The number of aliphatic hydroxyl groups is 1. The summed E-state index contributed by atoms with van der Waals surface area (Å²) in [5, 5.41) is 14.9. The van der Waals surface area contributed by atoms with Gasteiger partial charge in [0.05, 0.1) is 6.54 Å². The van der Waals surface area contributed by atoms with Gasteiger partial charge in [0.2, 0.25) is 5.91 Å². The summed E-state index contributed by atoms with van der Waals surface area (Å²) in [6, 6.07) is 6.86. The minimum Gasteiger partial charge on any atom is -0.383 e. The summed E-state index contributed by atoms with van der Waals surface area (Å²) < 4.78 is 26.7. The molecule has 2 rings (SSSR count). The van der Waals surface area contributed by atoms with Crippen molar-refractivity contribution >= 4 is 17.2 Å². The number of nitrogens with one attached hydrogen (secondary N) is 1. The smallest absolute Gasteiger partial charge is 0.223 e. The SMILES string of the molecule is CC(Cc1cccs1)C(=O)NCC(C)(O)c1ccc(F)cc1F. The fourth-order valence-electron chi connectivity index (χ4n) is 2.28. The quantitative estimate of drug-likeness (QED) is 0.849. The first-order valence-corrected chi connectivity index (χ1v) is 8.15. The van der Waals surface area contributed by atoms with E-state index in [1.165, 1.54) is 13.0 Å². The summed E-state index contributed by atoms with van der Waals surface area (Å²) in [6.07, 6.45) is 0.608. The van der Waals surface area contributed by atoms with Crippen LogP contribution in [0, 0.1) is 17.6 Å². The maximum absolute atomic E-state index is 13.8. The van der Waals surface area contributed by atoms with Gasteiger partial charge in [0.15, 0.2) is 0 Å². The molecule has 1 aromatic carbocycles. The molecule has 1 aromatic heterocycles. The Kier molecular flexibility index (Phi) is 5.49. The Balaban J connectivity index is 1.96. The second-order valence-electron chi connectivity index (χ2n) is 5.80. The van der Waals surface area contributed by atoms with Gasteiger partial charge < -0.3 is 10.4 Å². The highest BCUT2D eigenvalue weighted by atomic mass is 32.1. The molecule has 0 bridgehead atoms. The first-order valence-electron chi connectivity index (χ1n) is 7.27. The van der Waals surface area contributed by atoms with Crippen LogP contribution in [-0.2, 0) is 16.8 Å². The summed E-state index contributed by atoms with van der Waals surface area (Å²) in [7, 11) is 0. The molecule has 3 nitrogen and oxygen atoms in total. The van der Waals surface area contributed by atoms with Crippen molar-refractivity contribution in [2.24, 2.45) is 5.92 Å². The molecule has 1 amide bonds. The molecule has 0 saturated carbocycles. The molecule has 2 N–H and O–H groups in total. The van der Waals surface area contributed by atoms with Crippen molar-refractivity contribution in [1.82, 2.24) is 5.32 Å². The number of benzene rings is 1. The third kappa shape index (κ3) is 4.59. The second kappa shape index (κ2) is 7.19. The van der Waals surface area contributed by atoms with Crippen LogP contribution >= 0.6 is 11.3 Å². The van der Waals surface area contributed by atoms with Crippen molar-refractivity contribution in [3.63, 3.8) is 0 Å². The van der Waals surface area contributed by atoms with Crippen LogP contribution in [0.15, 0.2) is 35.7 Å². The summed E-state index contributed by atoms with van der Waals surface area (Å²) >= 11 is 1.58. The number of amides is 1. The molecule has 6 heteroatoms. The lowest BCUT2D eigenvalue weighted by molar-refractivity contribution is -0.125. The molecule has 0 fully saturated rings. The van der Waals surface area contributed by atoms with Crippen LogP contribution in [0.25, 0.3) is 0 Å². The van der Waals surface area contributed by atoms with Gasteiger partial charge in [-0.3, -0.25) is 4.79 Å². The Labute approximate surface area is 138 Å². The lowest BCUT2D eigenvalue weighted by Gasteiger charge is -2.25. The van der Waals surface area contributed by atoms with Gasteiger partial charge in [-0.25, -0.2) is 8.78 Å². The Hall–Kier alpha value is -1.79. The predicted octanol–water partition coefficient (Wildman–Crippen LogP) is 3.23. The summed E-state index contributed by atoms with van der Waals surface area (Å²) in [5.41, 5.74) is -1.67. The van der Waals surface area contributed by atoms with E-state index in [-0.39, 0.29) is 23.9 Å². The van der Waals surface area contributed by atoms with Crippen LogP contribution in [0.3, 0.4) is 0 Å². The average molecular weight is 339 g/mol. The maximum Gasteiger partial charge on any atom is 0.223 e. The minimum absolute atomic E-state index is 0.0508. The Morgan fingerprint density at radius 3 is 2.74 bits per heavy atom. The molecular weight excluding hydrogens is 320 g/mol. The molecule has 0 saturated heterocycles. The zero-order valence-corrected chi connectivity index (χ0v) is 13.8. The van der Waals surface area contributed by atoms with Crippen LogP contribution in [0.4, 0.5) is 8.78 Å². The zero-order valence-electron chi connectivity index (χ0n) is 13.0. The topological polar surface area (TPSA) is 49.3 Å². The predicted molar refractivity (Wildman–Crippen MR) is 86.1 cm³/mol. The van der Waals surface area contributed by atoms with Crippen LogP contribution in [0.1, 0.15) is 24.3 Å². The molecule has 0 aliphatic heterocycles. The number of halogens is 2. The number of hydrogen-bond acceptors (Lipinski definition) is 3. The third-order valence-corrected chi connectivity index (χ3v) is 4.55. The third-order valence-electron chi connectivity index (χ3n) is 3.65. The number of carbonyl (C=O) groups excluding carboxylic acids is 1. The van der Waals surface area contributed by atoms with Gasteiger partial charge in [-0.15, -0.1) is 11.3 Å².